The number of nitrogens with two attached hydrogens (primary N) is 1. The number of anilines is 2. The SMILES string of the molecule is NNc1ccc(C(=O)Nc2c(F)cc(F)cc2Br)cn1. The maximum absolute atomic E-state index is 13.6. The van der Waals surface area contributed by atoms with Crippen molar-refractivity contribution in [3.63, 3.8) is 0 Å². The van der Waals surface area contributed by atoms with E-state index in [1.807, 2.05) is 0 Å². The molecule has 8 heteroatoms. The third kappa shape index (κ3) is 3.09. The lowest BCUT2D eigenvalue weighted by molar-refractivity contribution is 0.102. The fraction of sp³-hybridized carbons (Fsp3) is 0. The second-order valence-corrected chi connectivity index (χ2v) is 4.63. The van der Waals surface area contributed by atoms with Gasteiger partial charge in [0.1, 0.15) is 11.6 Å². The number of aromatic nitrogens is 1. The highest BCUT2D eigenvalue weighted by Gasteiger charge is 2.14. The summed E-state index contributed by atoms with van der Waals surface area (Å²) < 4.78 is 26.6. The molecule has 0 aliphatic carbocycles. The van der Waals surface area contributed by atoms with Crippen LogP contribution in [0.5, 0.6) is 0 Å². The van der Waals surface area contributed by atoms with Gasteiger partial charge in [0.05, 0.1) is 11.3 Å². The number of nitrogens with one attached hydrogen (secondary N) is 2. The fourth-order valence-corrected chi connectivity index (χ4v) is 1.97. The van der Waals surface area contributed by atoms with Gasteiger partial charge in [0.25, 0.3) is 5.91 Å². The maximum Gasteiger partial charge on any atom is 0.257 e. The lowest BCUT2D eigenvalue weighted by atomic mass is 10.2. The Bertz CT molecular complexity index is 625. The average molecular weight is 343 g/mol. The number of carbonyl (C=O) groups is 1. The quantitative estimate of drug-likeness (QED) is 0.591. The monoisotopic (exact) mass is 342 g/mol. The van der Waals surface area contributed by atoms with Crippen LogP contribution >= 0.6 is 15.9 Å². The number of hydrogen-bond acceptors (Lipinski definition) is 4. The van der Waals surface area contributed by atoms with Crippen LogP contribution in [0.4, 0.5) is 20.3 Å². The van der Waals surface area contributed by atoms with Crippen molar-refractivity contribution in [2.45, 2.75) is 0 Å². The number of hydrazine groups is 1. The Hall–Kier alpha value is -2.06. The second-order valence-electron chi connectivity index (χ2n) is 3.78. The molecule has 0 aliphatic rings. The molecule has 1 aromatic carbocycles. The molecule has 4 N–H and O–H groups in total. The zero-order valence-electron chi connectivity index (χ0n) is 9.95. The van der Waals surface area contributed by atoms with E-state index in [2.05, 4.69) is 31.7 Å². The first kappa shape index (κ1) is 14.4. The minimum Gasteiger partial charge on any atom is -0.318 e. The van der Waals surface area contributed by atoms with Gasteiger partial charge in [0.15, 0.2) is 5.82 Å². The number of halogens is 3. The first-order valence-electron chi connectivity index (χ1n) is 5.40. The van der Waals surface area contributed by atoms with Gasteiger partial charge < -0.3 is 10.7 Å². The maximum atomic E-state index is 13.6. The van der Waals surface area contributed by atoms with E-state index in [0.29, 0.717) is 11.9 Å². The van der Waals surface area contributed by atoms with Crippen LogP contribution in [0.1, 0.15) is 10.4 Å². The van der Waals surface area contributed by atoms with Crippen molar-refractivity contribution in [1.82, 2.24) is 4.98 Å². The van der Waals surface area contributed by atoms with Crippen LogP contribution in [0.15, 0.2) is 34.9 Å². The molecule has 20 heavy (non-hydrogen) atoms. The fourth-order valence-electron chi connectivity index (χ4n) is 1.46. The molecular formula is C12H9BrF2N4O. The van der Waals surface area contributed by atoms with Crippen molar-refractivity contribution >= 4 is 33.3 Å². The number of carbonyl (C=O) groups excluding carboxylic acids is 1. The summed E-state index contributed by atoms with van der Waals surface area (Å²) in [4.78, 5) is 15.8. The minimum absolute atomic E-state index is 0.108. The van der Waals surface area contributed by atoms with E-state index in [0.717, 1.165) is 6.07 Å². The topological polar surface area (TPSA) is 80.0 Å². The number of nitrogen functional groups attached to an aromatic ring is 1. The summed E-state index contributed by atoms with van der Waals surface area (Å²) in [6, 6.07) is 4.69. The van der Waals surface area contributed by atoms with Gasteiger partial charge in [0.2, 0.25) is 0 Å². The van der Waals surface area contributed by atoms with Gasteiger partial charge in [-0.2, -0.15) is 0 Å². The van der Waals surface area contributed by atoms with Crippen molar-refractivity contribution in [2.75, 3.05) is 10.7 Å². The number of rotatable bonds is 3. The first-order valence-corrected chi connectivity index (χ1v) is 6.19. The third-order valence-electron chi connectivity index (χ3n) is 2.42. The molecule has 104 valence electrons. The molecule has 0 aliphatic heterocycles. The van der Waals surface area contributed by atoms with Gasteiger partial charge in [-0.1, -0.05) is 0 Å². The molecular weight excluding hydrogens is 334 g/mol. The molecule has 0 fully saturated rings. The Morgan fingerprint density at radius 3 is 2.60 bits per heavy atom. The normalized spacial score (nSPS) is 10.2. The van der Waals surface area contributed by atoms with E-state index in [4.69, 9.17) is 5.84 Å². The van der Waals surface area contributed by atoms with Crippen LogP contribution in [0.25, 0.3) is 0 Å². The number of amides is 1. The number of nitrogens with zero attached hydrogens (tertiary/aromatic N) is 1. The molecule has 1 amide bonds. The standard InChI is InChI=1S/C12H9BrF2N4O/c13-8-3-7(14)4-9(15)11(8)18-12(20)6-1-2-10(19-16)17-5-6/h1-5H,16H2,(H,17,19)(H,18,20). The third-order valence-corrected chi connectivity index (χ3v) is 3.04. The van der Waals surface area contributed by atoms with Gasteiger partial charge in [-0.15, -0.1) is 0 Å². The predicted octanol–water partition coefficient (Wildman–Crippen LogP) is 2.66. The van der Waals surface area contributed by atoms with Crippen molar-refractivity contribution in [3.05, 3.63) is 52.1 Å². The smallest absolute Gasteiger partial charge is 0.257 e. The first-order chi connectivity index (χ1) is 9.51. The summed E-state index contributed by atoms with van der Waals surface area (Å²) in [6.07, 6.45) is 1.28. The van der Waals surface area contributed by atoms with E-state index >= 15 is 0 Å². The van der Waals surface area contributed by atoms with Crippen LogP contribution in [-0.4, -0.2) is 10.9 Å². The molecule has 0 unspecified atom stereocenters. The highest BCUT2D eigenvalue weighted by atomic mass is 79.9. The molecule has 2 aromatic rings. The van der Waals surface area contributed by atoms with Crippen LogP contribution in [-0.2, 0) is 0 Å². The molecule has 0 bridgehead atoms. The molecule has 0 spiro atoms. The van der Waals surface area contributed by atoms with E-state index in [1.165, 1.54) is 18.3 Å². The van der Waals surface area contributed by atoms with E-state index in [-0.39, 0.29) is 15.7 Å². The highest BCUT2D eigenvalue weighted by Crippen LogP contribution is 2.27. The minimum atomic E-state index is -0.876. The largest absolute Gasteiger partial charge is 0.318 e. The second kappa shape index (κ2) is 5.93. The van der Waals surface area contributed by atoms with Crippen molar-refractivity contribution in [2.24, 2.45) is 5.84 Å². The Labute approximate surface area is 121 Å². The molecule has 1 heterocycles. The van der Waals surface area contributed by atoms with E-state index < -0.39 is 17.5 Å². The molecule has 2 rings (SSSR count). The molecule has 0 atom stereocenters. The van der Waals surface area contributed by atoms with Gasteiger partial charge in [-0.3, -0.25) is 4.79 Å². The molecule has 0 saturated carbocycles. The van der Waals surface area contributed by atoms with Crippen LogP contribution < -0.4 is 16.6 Å². The van der Waals surface area contributed by atoms with Gasteiger partial charge >= 0.3 is 0 Å². The Morgan fingerprint density at radius 1 is 1.30 bits per heavy atom. The summed E-state index contributed by atoms with van der Waals surface area (Å²) in [5.74, 6) is 3.34. The Morgan fingerprint density at radius 2 is 2.05 bits per heavy atom. The van der Waals surface area contributed by atoms with E-state index in [1.54, 1.807) is 0 Å². The number of pyridine rings is 1. The molecule has 5 nitrogen and oxygen atoms in total. The van der Waals surface area contributed by atoms with E-state index in [9.17, 15) is 13.6 Å². The van der Waals surface area contributed by atoms with Crippen LogP contribution in [0.2, 0.25) is 0 Å². The zero-order valence-corrected chi connectivity index (χ0v) is 11.5. The molecule has 0 radical (unpaired) electrons. The van der Waals surface area contributed by atoms with Gasteiger partial charge in [-0.25, -0.2) is 19.6 Å². The average Bonchev–Trinajstić information content (AvgIpc) is 2.42. The molecule has 1 aromatic heterocycles. The summed E-state index contributed by atoms with van der Waals surface area (Å²) in [6.45, 7) is 0. The van der Waals surface area contributed by atoms with Crippen LogP contribution in [0.3, 0.4) is 0 Å². The summed E-state index contributed by atoms with van der Waals surface area (Å²) in [5, 5.41) is 2.34. The van der Waals surface area contributed by atoms with Gasteiger partial charge in [0, 0.05) is 16.7 Å². The summed E-state index contributed by atoms with van der Waals surface area (Å²) >= 11 is 2.98. The van der Waals surface area contributed by atoms with Crippen molar-refractivity contribution < 1.29 is 13.6 Å². The lowest BCUT2D eigenvalue weighted by Gasteiger charge is -2.09. The van der Waals surface area contributed by atoms with Crippen LogP contribution in [0, 0.1) is 11.6 Å². The number of benzene rings is 1. The zero-order chi connectivity index (χ0) is 14.7. The van der Waals surface area contributed by atoms with Gasteiger partial charge in [-0.05, 0) is 34.1 Å². The molecule has 0 saturated heterocycles. The lowest BCUT2D eigenvalue weighted by Crippen LogP contribution is -2.15. The summed E-state index contributed by atoms with van der Waals surface area (Å²) in [7, 11) is 0. The predicted molar refractivity (Wildman–Crippen MR) is 74.1 cm³/mol. The highest BCUT2D eigenvalue weighted by molar-refractivity contribution is 9.10. The summed E-state index contributed by atoms with van der Waals surface area (Å²) in [5.41, 5.74) is 2.38. The van der Waals surface area contributed by atoms with Crippen molar-refractivity contribution in [1.29, 1.82) is 0 Å². The Kier molecular flexibility index (Phi) is 4.26. The van der Waals surface area contributed by atoms with Crippen molar-refractivity contribution in [3.8, 4) is 0 Å². The Balaban J connectivity index is 2.23. The number of hydrogen-bond donors (Lipinski definition) is 3.